The minimum atomic E-state index is -0.278. The van der Waals surface area contributed by atoms with Crippen LogP contribution in [0.15, 0.2) is 54.6 Å². The molecule has 0 N–H and O–H groups in total. The van der Waals surface area contributed by atoms with Crippen LogP contribution in [0, 0.1) is 5.82 Å². The number of aromatic nitrogens is 4. The molecule has 2 fully saturated rings. The van der Waals surface area contributed by atoms with E-state index >= 15 is 0 Å². The lowest BCUT2D eigenvalue weighted by atomic mass is 10.0. The Balaban J connectivity index is 1.45. The third-order valence-corrected chi connectivity index (χ3v) is 6.43. The molecule has 1 atom stereocenters. The van der Waals surface area contributed by atoms with Gasteiger partial charge in [-0.3, -0.25) is 4.90 Å². The van der Waals surface area contributed by atoms with E-state index in [9.17, 15) is 4.39 Å². The van der Waals surface area contributed by atoms with Gasteiger partial charge in [-0.1, -0.05) is 49.2 Å². The number of hydrogen-bond acceptors (Lipinski definition) is 5. The molecule has 0 unspecified atom stereocenters. The van der Waals surface area contributed by atoms with E-state index in [4.69, 9.17) is 0 Å². The van der Waals surface area contributed by atoms with Gasteiger partial charge in [0.1, 0.15) is 11.9 Å². The predicted octanol–water partition coefficient (Wildman–Crippen LogP) is 3.84. The summed E-state index contributed by atoms with van der Waals surface area (Å²) >= 11 is 0. The van der Waals surface area contributed by atoms with E-state index in [0.717, 1.165) is 44.8 Å². The summed E-state index contributed by atoms with van der Waals surface area (Å²) in [5, 5.41) is 12.7. The molecule has 0 amide bonds. The maximum Gasteiger partial charge on any atom is 0.173 e. The first-order chi connectivity index (χ1) is 14.8. The van der Waals surface area contributed by atoms with Gasteiger partial charge in [0.2, 0.25) is 0 Å². The molecule has 6 nitrogen and oxygen atoms in total. The number of tetrazole rings is 1. The van der Waals surface area contributed by atoms with Gasteiger partial charge in [-0.15, -0.1) is 5.10 Å². The van der Waals surface area contributed by atoms with Gasteiger partial charge in [0.25, 0.3) is 0 Å². The molecule has 2 heterocycles. The minimum Gasteiger partial charge on any atom is -0.369 e. The maximum absolute atomic E-state index is 14.9. The fourth-order valence-corrected chi connectivity index (χ4v) is 4.86. The molecule has 1 saturated carbocycles. The lowest BCUT2D eigenvalue weighted by Crippen LogP contribution is -2.48. The van der Waals surface area contributed by atoms with Gasteiger partial charge < -0.3 is 4.90 Å². The quantitative estimate of drug-likeness (QED) is 0.644. The molecule has 156 valence electrons. The number of anilines is 1. The van der Waals surface area contributed by atoms with Crippen LogP contribution in [0.2, 0.25) is 0 Å². The molecular formula is C23H27FN6. The highest BCUT2D eigenvalue weighted by Gasteiger charge is 2.34. The molecular weight excluding hydrogens is 379 g/mol. The summed E-state index contributed by atoms with van der Waals surface area (Å²) < 4.78 is 16.9. The summed E-state index contributed by atoms with van der Waals surface area (Å²) in [6.07, 6.45) is 4.57. The van der Waals surface area contributed by atoms with Gasteiger partial charge in [-0.2, -0.15) is 0 Å². The van der Waals surface area contributed by atoms with E-state index in [1.54, 1.807) is 6.07 Å². The van der Waals surface area contributed by atoms with Gasteiger partial charge in [-0.25, -0.2) is 9.07 Å². The van der Waals surface area contributed by atoms with Crippen molar-refractivity contribution in [3.8, 4) is 0 Å². The second kappa shape index (κ2) is 8.52. The van der Waals surface area contributed by atoms with Crippen molar-refractivity contribution in [2.75, 3.05) is 31.1 Å². The summed E-state index contributed by atoms with van der Waals surface area (Å²) in [4.78, 5) is 4.71. The molecule has 2 aliphatic rings. The lowest BCUT2D eigenvalue weighted by molar-refractivity contribution is 0.194. The van der Waals surface area contributed by atoms with E-state index in [1.807, 2.05) is 22.9 Å². The minimum absolute atomic E-state index is 0.200. The second-order valence-electron chi connectivity index (χ2n) is 8.20. The topological polar surface area (TPSA) is 50.1 Å². The zero-order chi connectivity index (χ0) is 20.3. The summed E-state index contributed by atoms with van der Waals surface area (Å²) in [7, 11) is 0. The average Bonchev–Trinajstić information content (AvgIpc) is 3.48. The lowest BCUT2D eigenvalue weighted by Gasteiger charge is -2.40. The van der Waals surface area contributed by atoms with Crippen LogP contribution in [0.5, 0.6) is 0 Å². The number of benzene rings is 2. The molecule has 7 heteroatoms. The Morgan fingerprint density at radius 2 is 1.57 bits per heavy atom. The first-order valence-electron chi connectivity index (χ1n) is 10.9. The van der Waals surface area contributed by atoms with Crippen LogP contribution < -0.4 is 4.90 Å². The van der Waals surface area contributed by atoms with Crippen LogP contribution in [0.25, 0.3) is 0 Å². The number of piperazine rings is 1. The molecule has 30 heavy (non-hydrogen) atoms. The van der Waals surface area contributed by atoms with Crippen molar-refractivity contribution in [2.45, 2.75) is 37.8 Å². The largest absolute Gasteiger partial charge is 0.369 e. The highest BCUT2D eigenvalue weighted by atomic mass is 19.1. The monoisotopic (exact) mass is 406 g/mol. The zero-order valence-corrected chi connectivity index (χ0v) is 17.1. The van der Waals surface area contributed by atoms with Crippen molar-refractivity contribution < 1.29 is 4.39 Å². The molecule has 1 aliphatic heterocycles. The molecule has 2 aromatic carbocycles. The zero-order valence-electron chi connectivity index (χ0n) is 17.1. The third-order valence-electron chi connectivity index (χ3n) is 6.43. The Labute approximate surface area is 176 Å². The SMILES string of the molecule is Fc1ccccc1[C@H](c1nnnn1C1CCCC1)N1CCN(c2ccccc2)CC1. The Kier molecular flexibility index (Phi) is 5.45. The van der Waals surface area contributed by atoms with Gasteiger partial charge in [0.05, 0.1) is 6.04 Å². The molecule has 3 aromatic rings. The fourth-order valence-electron chi connectivity index (χ4n) is 4.86. The standard InChI is InChI=1S/C23H27FN6/c24-21-13-7-6-12-20(21)22(23-25-26-27-30(23)19-10-4-5-11-19)29-16-14-28(15-17-29)18-8-2-1-3-9-18/h1-3,6-9,12-13,19,22H,4-5,10-11,14-17H2/t22-/m1/s1. The van der Waals surface area contributed by atoms with Crippen molar-refractivity contribution in [3.05, 3.63) is 71.8 Å². The number of para-hydroxylation sites is 1. The van der Waals surface area contributed by atoms with E-state index in [0.29, 0.717) is 11.6 Å². The fraction of sp³-hybridized carbons (Fsp3) is 0.435. The van der Waals surface area contributed by atoms with E-state index in [1.165, 1.54) is 24.6 Å². The van der Waals surface area contributed by atoms with Crippen molar-refractivity contribution in [2.24, 2.45) is 0 Å². The predicted molar refractivity (Wildman–Crippen MR) is 114 cm³/mol. The Morgan fingerprint density at radius 3 is 2.30 bits per heavy atom. The number of rotatable bonds is 5. The average molecular weight is 407 g/mol. The molecule has 1 saturated heterocycles. The number of nitrogens with zero attached hydrogens (tertiary/aromatic N) is 6. The van der Waals surface area contributed by atoms with E-state index < -0.39 is 0 Å². The van der Waals surface area contributed by atoms with Gasteiger partial charge >= 0.3 is 0 Å². The molecule has 1 aliphatic carbocycles. The molecule has 0 radical (unpaired) electrons. The van der Waals surface area contributed by atoms with E-state index in [-0.39, 0.29) is 11.9 Å². The summed E-state index contributed by atoms with van der Waals surface area (Å²) in [6.45, 7) is 3.43. The molecule has 1 aromatic heterocycles. The first-order valence-corrected chi connectivity index (χ1v) is 10.9. The van der Waals surface area contributed by atoms with Gasteiger partial charge in [0, 0.05) is 37.4 Å². The van der Waals surface area contributed by atoms with Crippen molar-refractivity contribution >= 4 is 5.69 Å². The Hall–Kier alpha value is -2.80. The van der Waals surface area contributed by atoms with Crippen LogP contribution in [0.1, 0.15) is 49.2 Å². The van der Waals surface area contributed by atoms with E-state index in [2.05, 4.69) is 49.6 Å². The van der Waals surface area contributed by atoms with Crippen LogP contribution in [0.3, 0.4) is 0 Å². The Bertz CT molecular complexity index is 961. The van der Waals surface area contributed by atoms with Crippen LogP contribution in [-0.2, 0) is 0 Å². The Morgan fingerprint density at radius 1 is 0.867 bits per heavy atom. The highest BCUT2D eigenvalue weighted by molar-refractivity contribution is 5.46. The number of halogens is 1. The van der Waals surface area contributed by atoms with Gasteiger partial charge in [-0.05, 0) is 41.5 Å². The summed E-state index contributed by atoms with van der Waals surface area (Å²) in [6, 6.07) is 17.5. The smallest absolute Gasteiger partial charge is 0.173 e. The van der Waals surface area contributed by atoms with Crippen LogP contribution in [0.4, 0.5) is 10.1 Å². The van der Waals surface area contributed by atoms with Crippen molar-refractivity contribution in [1.29, 1.82) is 0 Å². The second-order valence-corrected chi connectivity index (χ2v) is 8.20. The van der Waals surface area contributed by atoms with Crippen molar-refractivity contribution in [3.63, 3.8) is 0 Å². The van der Waals surface area contributed by atoms with Crippen LogP contribution >= 0.6 is 0 Å². The number of hydrogen-bond donors (Lipinski definition) is 0. The highest BCUT2D eigenvalue weighted by Crippen LogP contribution is 2.35. The van der Waals surface area contributed by atoms with Crippen molar-refractivity contribution in [1.82, 2.24) is 25.1 Å². The molecule has 5 rings (SSSR count). The van der Waals surface area contributed by atoms with Gasteiger partial charge in [0.15, 0.2) is 5.82 Å². The first kappa shape index (κ1) is 19.2. The summed E-state index contributed by atoms with van der Waals surface area (Å²) in [5.41, 5.74) is 1.88. The maximum atomic E-state index is 14.9. The summed E-state index contributed by atoms with van der Waals surface area (Å²) in [5.74, 6) is 0.564. The molecule has 0 spiro atoms. The van der Waals surface area contributed by atoms with Crippen LogP contribution in [-0.4, -0.2) is 51.3 Å². The molecule has 0 bridgehead atoms. The third kappa shape index (κ3) is 3.69. The normalized spacial score (nSPS) is 19.3.